The molecule has 0 saturated heterocycles. The van der Waals surface area contributed by atoms with E-state index in [1.165, 1.54) is 29.5 Å². The second-order valence-corrected chi connectivity index (χ2v) is 4.89. The first kappa shape index (κ1) is 12.0. The van der Waals surface area contributed by atoms with Gasteiger partial charge in [0.25, 0.3) is 5.91 Å². The number of aromatic nitrogens is 1. The Hall–Kier alpha value is -1.47. The summed E-state index contributed by atoms with van der Waals surface area (Å²) in [6.07, 6.45) is 0. The zero-order valence-electron chi connectivity index (χ0n) is 8.41. The molecule has 0 saturated carbocycles. The molecule has 0 aliphatic carbocycles. The number of hydrogen-bond donors (Lipinski definition) is 2. The molecule has 2 aromatic rings. The highest BCUT2D eigenvalue weighted by Gasteiger charge is 2.11. The molecule has 1 aromatic carbocycles. The van der Waals surface area contributed by atoms with E-state index in [2.05, 4.69) is 26.2 Å². The lowest BCUT2D eigenvalue weighted by molar-refractivity contribution is 0.102. The van der Waals surface area contributed by atoms with Gasteiger partial charge in [0.1, 0.15) is 11.5 Å². The molecule has 1 aromatic heterocycles. The summed E-state index contributed by atoms with van der Waals surface area (Å²) in [5.74, 6) is -0.766. The van der Waals surface area contributed by atoms with Gasteiger partial charge >= 0.3 is 0 Å². The van der Waals surface area contributed by atoms with Crippen molar-refractivity contribution in [2.24, 2.45) is 0 Å². The highest BCUT2D eigenvalue weighted by atomic mass is 79.9. The lowest BCUT2D eigenvalue weighted by Gasteiger charge is -2.05. The summed E-state index contributed by atoms with van der Waals surface area (Å²) in [5.41, 5.74) is 6.14. The summed E-state index contributed by atoms with van der Waals surface area (Å²) in [6, 6.07) is 3.99. The minimum Gasteiger partial charge on any atom is -0.375 e. The molecule has 0 aliphatic heterocycles. The van der Waals surface area contributed by atoms with Crippen LogP contribution in [0.15, 0.2) is 28.1 Å². The fourth-order valence-corrected chi connectivity index (χ4v) is 2.16. The summed E-state index contributed by atoms with van der Waals surface area (Å²) in [7, 11) is 0. The smallest absolute Gasteiger partial charge is 0.275 e. The van der Waals surface area contributed by atoms with Crippen molar-refractivity contribution in [3.63, 3.8) is 0 Å². The Kier molecular flexibility index (Phi) is 3.39. The van der Waals surface area contributed by atoms with Crippen molar-refractivity contribution in [1.82, 2.24) is 4.98 Å². The predicted molar refractivity (Wildman–Crippen MR) is 68.6 cm³/mol. The minimum atomic E-state index is -0.384. The number of nitrogen functional groups attached to an aromatic ring is 1. The van der Waals surface area contributed by atoms with Gasteiger partial charge in [-0.2, -0.15) is 0 Å². The van der Waals surface area contributed by atoms with Gasteiger partial charge in [-0.05, 0) is 34.1 Å². The molecule has 0 bridgehead atoms. The van der Waals surface area contributed by atoms with Crippen LogP contribution in [0.2, 0.25) is 0 Å². The number of thiazole rings is 1. The minimum absolute atomic E-state index is 0.240. The van der Waals surface area contributed by atoms with Gasteiger partial charge in [-0.15, -0.1) is 11.3 Å². The fraction of sp³-hybridized carbons (Fsp3) is 0. The van der Waals surface area contributed by atoms with Crippen LogP contribution in [-0.4, -0.2) is 10.9 Å². The summed E-state index contributed by atoms with van der Waals surface area (Å²) in [5, 5.41) is 4.49. The van der Waals surface area contributed by atoms with E-state index >= 15 is 0 Å². The van der Waals surface area contributed by atoms with Crippen LogP contribution in [0.3, 0.4) is 0 Å². The molecule has 0 fully saturated rings. The standard InChI is InChI=1S/C10H7BrFN3OS/c11-6-3-5(12)1-2-7(6)14-9(16)8-4-17-10(13)15-8/h1-4H,(H2,13,15)(H,14,16). The van der Waals surface area contributed by atoms with Crippen molar-refractivity contribution in [1.29, 1.82) is 0 Å². The number of nitrogens with two attached hydrogens (primary N) is 1. The Morgan fingerprint density at radius 3 is 2.88 bits per heavy atom. The Labute approximate surface area is 109 Å². The maximum absolute atomic E-state index is 12.8. The number of carbonyl (C=O) groups is 1. The van der Waals surface area contributed by atoms with Gasteiger partial charge in [0.15, 0.2) is 5.13 Å². The van der Waals surface area contributed by atoms with E-state index < -0.39 is 0 Å². The maximum atomic E-state index is 12.8. The molecule has 3 N–H and O–H groups in total. The van der Waals surface area contributed by atoms with E-state index in [1.54, 1.807) is 5.38 Å². The Bertz CT molecular complexity index is 572. The number of nitrogens with one attached hydrogen (secondary N) is 1. The average molecular weight is 316 g/mol. The third-order valence-electron chi connectivity index (χ3n) is 1.93. The van der Waals surface area contributed by atoms with Crippen molar-refractivity contribution < 1.29 is 9.18 Å². The maximum Gasteiger partial charge on any atom is 0.275 e. The number of amides is 1. The first-order valence-corrected chi connectivity index (χ1v) is 6.21. The van der Waals surface area contributed by atoms with E-state index in [9.17, 15) is 9.18 Å². The van der Waals surface area contributed by atoms with Gasteiger partial charge in [0.2, 0.25) is 0 Å². The molecule has 88 valence electrons. The van der Waals surface area contributed by atoms with Gasteiger partial charge in [0.05, 0.1) is 5.69 Å². The molecule has 1 amide bonds. The zero-order valence-corrected chi connectivity index (χ0v) is 10.8. The monoisotopic (exact) mass is 315 g/mol. The van der Waals surface area contributed by atoms with Crippen LogP contribution in [0.4, 0.5) is 15.2 Å². The van der Waals surface area contributed by atoms with Crippen molar-refractivity contribution in [2.75, 3.05) is 11.1 Å². The number of nitrogens with zero attached hydrogens (tertiary/aromatic N) is 1. The highest BCUT2D eigenvalue weighted by molar-refractivity contribution is 9.10. The van der Waals surface area contributed by atoms with Crippen LogP contribution < -0.4 is 11.1 Å². The fourth-order valence-electron chi connectivity index (χ4n) is 1.17. The molecular weight excluding hydrogens is 309 g/mol. The molecule has 0 unspecified atom stereocenters. The van der Waals surface area contributed by atoms with Crippen LogP contribution in [0.25, 0.3) is 0 Å². The van der Waals surface area contributed by atoms with Gasteiger partial charge in [-0.3, -0.25) is 4.79 Å². The van der Waals surface area contributed by atoms with Gasteiger partial charge in [-0.1, -0.05) is 0 Å². The number of carbonyl (C=O) groups excluding carboxylic acids is 1. The van der Waals surface area contributed by atoms with Gasteiger partial charge in [0, 0.05) is 9.85 Å². The molecule has 0 radical (unpaired) electrons. The number of benzene rings is 1. The van der Waals surface area contributed by atoms with Crippen molar-refractivity contribution >= 4 is 44.0 Å². The number of anilines is 2. The SMILES string of the molecule is Nc1nc(C(=O)Nc2ccc(F)cc2Br)cs1. The topological polar surface area (TPSA) is 68.0 Å². The molecule has 1 heterocycles. The first-order chi connectivity index (χ1) is 8.06. The van der Waals surface area contributed by atoms with E-state index in [1.807, 2.05) is 0 Å². The third kappa shape index (κ3) is 2.80. The van der Waals surface area contributed by atoms with Crippen molar-refractivity contribution in [3.8, 4) is 0 Å². The summed E-state index contributed by atoms with van der Waals surface area (Å²) in [4.78, 5) is 15.6. The third-order valence-corrected chi connectivity index (χ3v) is 3.26. The Morgan fingerprint density at radius 2 is 2.29 bits per heavy atom. The predicted octanol–water partition coefficient (Wildman–Crippen LogP) is 2.88. The molecular formula is C10H7BrFN3OS. The van der Waals surface area contributed by atoms with E-state index in [0.29, 0.717) is 15.3 Å². The summed E-state index contributed by atoms with van der Waals surface area (Å²) in [6.45, 7) is 0. The van der Waals surface area contributed by atoms with Gasteiger partial charge in [-0.25, -0.2) is 9.37 Å². The molecule has 0 spiro atoms. The van der Waals surface area contributed by atoms with E-state index in [-0.39, 0.29) is 17.4 Å². The molecule has 7 heteroatoms. The molecule has 0 atom stereocenters. The van der Waals surface area contributed by atoms with E-state index in [4.69, 9.17) is 5.73 Å². The summed E-state index contributed by atoms with van der Waals surface area (Å²) >= 11 is 4.34. The van der Waals surface area contributed by atoms with Gasteiger partial charge < -0.3 is 11.1 Å². The first-order valence-electron chi connectivity index (χ1n) is 4.53. The van der Waals surface area contributed by atoms with Crippen LogP contribution in [0, 0.1) is 5.82 Å². The summed E-state index contributed by atoms with van der Waals surface area (Å²) < 4.78 is 13.3. The number of hydrogen-bond acceptors (Lipinski definition) is 4. The molecule has 0 aliphatic rings. The van der Waals surface area contributed by atoms with Crippen LogP contribution >= 0.6 is 27.3 Å². The quantitative estimate of drug-likeness (QED) is 0.895. The largest absolute Gasteiger partial charge is 0.375 e. The molecule has 17 heavy (non-hydrogen) atoms. The Balaban J connectivity index is 2.18. The lowest BCUT2D eigenvalue weighted by atomic mass is 10.3. The van der Waals surface area contributed by atoms with Crippen LogP contribution in [0.1, 0.15) is 10.5 Å². The van der Waals surface area contributed by atoms with Crippen LogP contribution in [0.5, 0.6) is 0 Å². The zero-order chi connectivity index (χ0) is 12.4. The second-order valence-electron chi connectivity index (χ2n) is 3.15. The lowest BCUT2D eigenvalue weighted by Crippen LogP contribution is -2.12. The van der Waals surface area contributed by atoms with Crippen molar-refractivity contribution in [3.05, 3.63) is 39.6 Å². The highest BCUT2D eigenvalue weighted by Crippen LogP contribution is 2.23. The van der Waals surface area contributed by atoms with E-state index in [0.717, 1.165) is 0 Å². The van der Waals surface area contributed by atoms with Crippen LogP contribution in [-0.2, 0) is 0 Å². The van der Waals surface area contributed by atoms with Crippen molar-refractivity contribution in [2.45, 2.75) is 0 Å². The average Bonchev–Trinajstić information content (AvgIpc) is 2.69. The molecule has 4 nitrogen and oxygen atoms in total. The number of rotatable bonds is 2. The molecule has 2 rings (SSSR count). The normalized spacial score (nSPS) is 10.2. The number of halogens is 2. The second kappa shape index (κ2) is 4.80. The Morgan fingerprint density at radius 1 is 1.53 bits per heavy atom.